The van der Waals surface area contributed by atoms with Crippen LogP contribution in [0.25, 0.3) is 0 Å². The maximum atomic E-state index is 12.2. The summed E-state index contributed by atoms with van der Waals surface area (Å²) in [7, 11) is 0. The highest BCUT2D eigenvalue weighted by atomic mass is 35.5. The van der Waals surface area contributed by atoms with Gasteiger partial charge in [-0.05, 0) is 54.3 Å². The molecule has 1 N–H and O–H groups in total. The monoisotopic (exact) mass is 387 g/mol. The minimum atomic E-state index is -0.0650. The normalized spacial score (nSPS) is 10.7. The fraction of sp³-hybridized carbons (Fsp3) is 0.200. The van der Waals surface area contributed by atoms with Crippen LogP contribution in [-0.4, -0.2) is 22.2 Å². The molecule has 0 aliphatic carbocycles. The number of carbonyl (C=O) groups excluding carboxylic acids is 1. The molecule has 0 aliphatic rings. The standard InChI is InChI=1S/C20H19Cl2N3O/c21-18-9-6-15(13-19(18)22)3-1-10-23-20(26)17-7-4-16(5-8-17)14-25-12-2-11-24-25/h2,4-9,11-13H,1,3,10,14H2,(H,23,26). The maximum Gasteiger partial charge on any atom is 0.251 e. The Morgan fingerprint density at radius 2 is 1.81 bits per heavy atom. The second-order valence-electron chi connectivity index (χ2n) is 6.01. The Balaban J connectivity index is 1.45. The van der Waals surface area contributed by atoms with Crippen LogP contribution in [0, 0.1) is 0 Å². The highest BCUT2D eigenvalue weighted by Gasteiger charge is 2.05. The molecule has 0 atom stereocenters. The van der Waals surface area contributed by atoms with Crippen molar-refractivity contribution in [2.75, 3.05) is 6.54 Å². The highest BCUT2D eigenvalue weighted by Crippen LogP contribution is 2.23. The first kappa shape index (κ1) is 18.5. The number of rotatable bonds is 7. The lowest BCUT2D eigenvalue weighted by Crippen LogP contribution is -2.24. The maximum absolute atomic E-state index is 12.2. The van der Waals surface area contributed by atoms with Crippen molar-refractivity contribution >= 4 is 29.1 Å². The largest absolute Gasteiger partial charge is 0.352 e. The van der Waals surface area contributed by atoms with E-state index in [1.165, 1.54) is 0 Å². The summed E-state index contributed by atoms with van der Waals surface area (Å²) in [6.07, 6.45) is 5.33. The molecule has 4 nitrogen and oxygen atoms in total. The number of halogens is 2. The molecule has 3 aromatic rings. The van der Waals surface area contributed by atoms with Gasteiger partial charge in [-0.1, -0.05) is 41.4 Å². The van der Waals surface area contributed by atoms with Crippen molar-refractivity contribution in [3.05, 3.63) is 87.7 Å². The number of nitrogens with one attached hydrogen (secondary N) is 1. The third-order valence-corrected chi connectivity index (χ3v) is 4.77. The Morgan fingerprint density at radius 3 is 2.50 bits per heavy atom. The number of benzene rings is 2. The van der Waals surface area contributed by atoms with Crippen LogP contribution in [0.5, 0.6) is 0 Å². The van der Waals surface area contributed by atoms with Crippen molar-refractivity contribution in [3.63, 3.8) is 0 Å². The van der Waals surface area contributed by atoms with E-state index < -0.39 is 0 Å². The van der Waals surface area contributed by atoms with Gasteiger partial charge in [-0.2, -0.15) is 5.10 Å². The van der Waals surface area contributed by atoms with Gasteiger partial charge in [0.25, 0.3) is 5.91 Å². The second kappa shape index (κ2) is 8.88. The fourth-order valence-corrected chi connectivity index (χ4v) is 2.95. The van der Waals surface area contributed by atoms with Gasteiger partial charge in [0.2, 0.25) is 0 Å². The van der Waals surface area contributed by atoms with E-state index in [0.29, 0.717) is 28.7 Å². The predicted molar refractivity (Wildman–Crippen MR) is 105 cm³/mol. The Morgan fingerprint density at radius 1 is 1.04 bits per heavy atom. The summed E-state index contributed by atoms with van der Waals surface area (Å²) in [4.78, 5) is 12.2. The molecule has 134 valence electrons. The van der Waals surface area contributed by atoms with E-state index in [0.717, 1.165) is 24.0 Å². The summed E-state index contributed by atoms with van der Waals surface area (Å²) in [6, 6.07) is 15.1. The van der Waals surface area contributed by atoms with E-state index >= 15 is 0 Å². The molecule has 0 unspecified atom stereocenters. The Bertz CT molecular complexity index is 861. The van der Waals surface area contributed by atoms with Gasteiger partial charge < -0.3 is 5.32 Å². The lowest BCUT2D eigenvalue weighted by atomic mass is 10.1. The number of amides is 1. The topological polar surface area (TPSA) is 46.9 Å². The van der Waals surface area contributed by atoms with E-state index in [1.807, 2.05) is 53.3 Å². The van der Waals surface area contributed by atoms with Crippen molar-refractivity contribution in [1.82, 2.24) is 15.1 Å². The Kier molecular flexibility index (Phi) is 6.31. The molecule has 1 aromatic heterocycles. The van der Waals surface area contributed by atoms with Gasteiger partial charge in [-0.25, -0.2) is 0 Å². The number of carbonyl (C=O) groups is 1. The van der Waals surface area contributed by atoms with Gasteiger partial charge >= 0.3 is 0 Å². The van der Waals surface area contributed by atoms with E-state index in [2.05, 4.69) is 10.4 Å². The molecule has 0 fully saturated rings. The molecule has 6 heteroatoms. The number of aromatic nitrogens is 2. The van der Waals surface area contributed by atoms with Gasteiger partial charge in [0.1, 0.15) is 0 Å². The summed E-state index contributed by atoms with van der Waals surface area (Å²) >= 11 is 11.9. The molecule has 0 radical (unpaired) electrons. The molecule has 0 saturated carbocycles. The van der Waals surface area contributed by atoms with Crippen LogP contribution in [0.1, 0.15) is 27.9 Å². The Labute approximate surface area is 162 Å². The summed E-state index contributed by atoms with van der Waals surface area (Å²) < 4.78 is 1.85. The first-order chi connectivity index (χ1) is 12.6. The quantitative estimate of drug-likeness (QED) is 0.602. The van der Waals surface area contributed by atoms with Crippen molar-refractivity contribution < 1.29 is 4.79 Å². The zero-order valence-corrected chi connectivity index (χ0v) is 15.7. The summed E-state index contributed by atoms with van der Waals surface area (Å²) in [6.45, 7) is 1.30. The molecule has 26 heavy (non-hydrogen) atoms. The van der Waals surface area contributed by atoms with E-state index in [-0.39, 0.29) is 5.91 Å². The van der Waals surface area contributed by atoms with E-state index in [9.17, 15) is 4.79 Å². The average molecular weight is 388 g/mol. The molecular weight excluding hydrogens is 369 g/mol. The molecule has 0 saturated heterocycles. The van der Waals surface area contributed by atoms with Crippen LogP contribution in [-0.2, 0) is 13.0 Å². The predicted octanol–water partition coefficient (Wildman–Crippen LogP) is 4.60. The minimum absolute atomic E-state index is 0.0650. The van der Waals surface area contributed by atoms with Crippen molar-refractivity contribution in [2.24, 2.45) is 0 Å². The summed E-state index contributed by atoms with van der Waals surface area (Å²) in [5, 5.41) is 8.23. The summed E-state index contributed by atoms with van der Waals surface area (Å²) in [5.41, 5.74) is 2.87. The van der Waals surface area contributed by atoms with Crippen molar-refractivity contribution in [3.8, 4) is 0 Å². The molecular formula is C20H19Cl2N3O. The number of hydrogen-bond donors (Lipinski definition) is 1. The average Bonchev–Trinajstić information content (AvgIpc) is 3.15. The SMILES string of the molecule is O=C(NCCCc1ccc(Cl)c(Cl)c1)c1ccc(Cn2cccn2)cc1. The molecule has 0 spiro atoms. The van der Waals surface area contributed by atoms with Gasteiger partial charge in [0, 0.05) is 24.5 Å². The van der Waals surface area contributed by atoms with Crippen molar-refractivity contribution in [2.45, 2.75) is 19.4 Å². The van der Waals surface area contributed by atoms with E-state index in [4.69, 9.17) is 23.2 Å². The van der Waals surface area contributed by atoms with E-state index in [1.54, 1.807) is 12.3 Å². The van der Waals surface area contributed by atoms with Crippen LogP contribution in [0.15, 0.2) is 60.9 Å². The number of nitrogens with zero attached hydrogens (tertiary/aromatic N) is 2. The molecule has 3 rings (SSSR count). The third kappa shape index (κ3) is 5.10. The molecule has 0 aliphatic heterocycles. The highest BCUT2D eigenvalue weighted by molar-refractivity contribution is 6.42. The molecule has 1 heterocycles. The summed E-state index contributed by atoms with van der Waals surface area (Å²) in [5.74, 6) is -0.0650. The third-order valence-electron chi connectivity index (χ3n) is 4.03. The molecule has 2 aromatic carbocycles. The minimum Gasteiger partial charge on any atom is -0.352 e. The number of hydrogen-bond acceptors (Lipinski definition) is 2. The second-order valence-corrected chi connectivity index (χ2v) is 6.82. The first-order valence-electron chi connectivity index (χ1n) is 8.40. The smallest absolute Gasteiger partial charge is 0.251 e. The van der Waals surface area contributed by atoms with Crippen LogP contribution < -0.4 is 5.32 Å². The lowest BCUT2D eigenvalue weighted by molar-refractivity contribution is 0.0953. The van der Waals surface area contributed by atoms with Gasteiger partial charge in [-0.3, -0.25) is 9.48 Å². The number of aryl methyl sites for hydroxylation is 1. The Hall–Kier alpha value is -2.30. The zero-order chi connectivity index (χ0) is 18.4. The van der Waals surface area contributed by atoms with Gasteiger partial charge in [0.15, 0.2) is 0 Å². The zero-order valence-electron chi connectivity index (χ0n) is 14.2. The van der Waals surface area contributed by atoms with Crippen LogP contribution in [0.2, 0.25) is 10.0 Å². The van der Waals surface area contributed by atoms with Crippen molar-refractivity contribution in [1.29, 1.82) is 0 Å². The van der Waals surface area contributed by atoms with Gasteiger partial charge in [-0.15, -0.1) is 0 Å². The molecule has 1 amide bonds. The van der Waals surface area contributed by atoms with Crippen LogP contribution >= 0.6 is 23.2 Å². The first-order valence-corrected chi connectivity index (χ1v) is 9.16. The van der Waals surface area contributed by atoms with Crippen LogP contribution in [0.4, 0.5) is 0 Å². The van der Waals surface area contributed by atoms with Crippen LogP contribution in [0.3, 0.4) is 0 Å². The van der Waals surface area contributed by atoms with Gasteiger partial charge in [0.05, 0.1) is 16.6 Å². The lowest BCUT2D eigenvalue weighted by Gasteiger charge is -2.07. The molecule has 0 bridgehead atoms. The fourth-order valence-electron chi connectivity index (χ4n) is 2.63.